The number of alkyl halides is 2. The van der Waals surface area contributed by atoms with Crippen molar-refractivity contribution < 1.29 is 18.3 Å². The fraction of sp³-hybridized carbons (Fsp3) is 0.588. The molecule has 1 aliphatic rings. The normalized spacial score (nSPS) is 16.0. The zero-order chi connectivity index (χ0) is 16.5. The standard InChI is InChI=1S/C17H24F2N2O2/c18-16(19)23-15-9-7-13(8-10-15)11-12-20-17(22)21-14-5-3-1-2-4-6-14/h7-10,14,16H,1-6,11-12H2,(H2,20,21,22). The molecule has 2 amide bonds. The molecule has 0 heterocycles. The summed E-state index contributed by atoms with van der Waals surface area (Å²) in [7, 11) is 0. The number of nitrogens with one attached hydrogen (secondary N) is 2. The van der Waals surface area contributed by atoms with Crippen LogP contribution in [0.3, 0.4) is 0 Å². The zero-order valence-electron chi connectivity index (χ0n) is 13.2. The summed E-state index contributed by atoms with van der Waals surface area (Å²) in [5, 5.41) is 5.87. The summed E-state index contributed by atoms with van der Waals surface area (Å²) < 4.78 is 28.4. The molecule has 1 aromatic carbocycles. The number of ether oxygens (including phenoxy) is 1. The van der Waals surface area contributed by atoms with Crippen molar-refractivity contribution in [1.82, 2.24) is 10.6 Å². The minimum absolute atomic E-state index is 0.130. The summed E-state index contributed by atoms with van der Waals surface area (Å²) in [5.74, 6) is 0.141. The van der Waals surface area contributed by atoms with Gasteiger partial charge in [-0.25, -0.2) is 4.79 Å². The van der Waals surface area contributed by atoms with Gasteiger partial charge in [0.2, 0.25) is 0 Å². The van der Waals surface area contributed by atoms with Crippen LogP contribution in [-0.2, 0) is 6.42 Å². The van der Waals surface area contributed by atoms with Crippen molar-refractivity contribution in [3.05, 3.63) is 29.8 Å². The Kier molecular flexibility index (Phi) is 7.10. The van der Waals surface area contributed by atoms with Crippen LogP contribution in [0.5, 0.6) is 5.75 Å². The maximum atomic E-state index is 12.1. The summed E-state index contributed by atoms with van der Waals surface area (Å²) in [4.78, 5) is 11.9. The lowest BCUT2D eigenvalue weighted by molar-refractivity contribution is -0.0498. The number of urea groups is 1. The first-order valence-electron chi connectivity index (χ1n) is 8.21. The molecule has 2 N–H and O–H groups in total. The van der Waals surface area contributed by atoms with Crippen LogP contribution in [0.1, 0.15) is 44.1 Å². The molecule has 0 bridgehead atoms. The van der Waals surface area contributed by atoms with Gasteiger partial charge >= 0.3 is 12.6 Å². The van der Waals surface area contributed by atoms with Crippen molar-refractivity contribution in [2.24, 2.45) is 0 Å². The first kappa shape index (κ1) is 17.5. The maximum absolute atomic E-state index is 12.1. The zero-order valence-corrected chi connectivity index (χ0v) is 13.2. The van der Waals surface area contributed by atoms with E-state index in [0.29, 0.717) is 13.0 Å². The number of carbonyl (C=O) groups is 1. The molecule has 128 valence electrons. The predicted octanol–water partition coefficient (Wildman–Crippen LogP) is 3.85. The molecule has 1 aromatic rings. The summed E-state index contributed by atoms with van der Waals surface area (Å²) >= 11 is 0. The van der Waals surface area contributed by atoms with Crippen molar-refractivity contribution in [2.75, 3.05) is 6.54 Å². The fourth-order valence-corrected chi connectivity index (χ4v) is 2.82. The van der Waals surface area contributed by atoms with Gasteiger partial charge in [0.1, 0.15) is 5.75 Å². The first-order chi connectivity index (χ1) is 11.1. The maximum Gasteiger partial charge on any atom is 0.387 e. The SMILES string of the molecule is O=C(NCCc1ccc(OC(F)F)cc1)NC1CCCCCC1. The predicted molar refractivity (Wildman–Crippen MR) is 84.8 cm³/mol. The van der Waals surface area contributed by atoms with Gasteiger partial charge < -0.3 is 15.4 Å². The Morgan fingerprint density at radius 3 is 2.39 bits per heavy atom. The molecule has 23 heavy (non-hydrogen) atoms. The third kappa shape index (κ3) is 6.84. The van der Waals surface area contributed by atoms with Gasteiger partial charge in [-0.2, -0.15) is 8.78 Å². The van der Waals surface area contributed by atoms with Crippen LogP contribution in [-0.4, -0.2) is 25.2 Å². The second-order valence-electron chi connectivity index (χ2n) is 5.86. The van der Waals surface area contributed by atoms with Gasteiger partial charge in [-0.15, -0.1) is 0 Å². The van der Waals surface area contributed by atoms with Crippen LogP contribution in [0.2, 0.25) is 0 Å². The number of rotatable bonds is 6. The van der Waals surface area contributed by atoms with Gasteiger partial charge in [0.15, 0.2) is 0 Å². The molecule has 0 unspecified atom stereocenters. The number of carbonyl (C=O) groups excluding carboxylic acids is 1. The monoisotopic (exact) mass is 326 g/mol. The molecular weight excluding hydrogens is 302 g/mol. The van der Waals surface area contributed by atoms with Crippen molar-refractivity contribution in [3.8, 4) is 5.75 Å². The van der Waals surface area contributed by atoms with Gasteiger partial charge in [-0.05, 0) is 37.0 Å². The van der Waals surface area contributed by atoms with Gasteiger partial charge in [0.05, 0.1) is 0 Å². The average Bonchev–Trinajstić information content (AvgIpc) is 2.77. The van der Waals surface area contributed by atoms with Crippen LogP contribution in [0.4, 0.5) is 13.6 Å². The molecule has 0 spiro atoms. The number of amides is 2. The van der Waals surface area contributed by atoms with Crippen molar-refractivity contribution in [3.63, 3.8) is 0 Å². The molecule has 6 heteroatoms. The average molecular weight is 326 g/mol. The van der Waals surface area contributed by atoms with E-state index < -0.39 is 6.61 Å². The lowest BCUT2D eigenvalue weighted by atomic mass is 10.1. The highest BCUT2D eigenvalue weighted by molar-refractivity contribution is 5.74. The third-order valence-corrected chi connectivity index (χ3v) is 4.04. The van der Waals surface area contributed by atoms with Crippen LogP contribution < -0.4 is 15.4 Å². The van der Waals surface area contributed by atoms with E-state index in [1.807, 2.05) is 0 Å². The molecule has 0 radical (unpaired) electrons. The Hall–Kier alpha value is -1.85. The number of hydrogen-bond donors (Lipinski definition) is 2. The molecule has 2 rings (SSSR count). The van der Waals surface area contributed by atoms with Crippen LogP contribution >= 0.6 is 0 Å². The highest BCUT2D eigenvalue weighted by Gasteiger charge is 2.14. The second kappa shape index (κ2) is 9.33. The summed E-state index contributed by atoms with van der Waals surface area (Å²) in [6, 6.07) is 6.61. The van der Waals surface area contributed by atoms with E-state index in [1.165, 1.54) is 37.8 Å². The van der Waals surface area contributed by atoms with E-state index in [2.05, 4.69) is 15.4 Å². The van der Waals surface area contributed by atoms with E-state index in [0.717, 1.165) is 18.4 Å². The molecule has 0 aliphatic heterocycles. The highest BCUT2D eigenvalue weighted by Crippen LogP contribution is 2.17. The number of halogens is 2. The topological polar surface area (TPSA) is 50.4 Å². The smallest absolute Gasteiger partial charge is 0.387 e. The molecule has 0 saturated heterocycles. The number of benzene rings is 1. The molecule has 1 aliphatic carbocycles. The Labute approximate surface area is 135 Å². The van der Waals surface area contributed by atoms with Gasteiger partial charge in [0.25, 0.3) is 0 Å². The Morgan fingerprint density at radius 1 is 1.13 bits per heavy atom. The van der Waals surface area contributed by atoms with E-state index in [4.69, 9.17) is 0 Å². The summed E-state index contributed by atoms with van der Waals surface area (Å²) in [6.07, 6.45) is 7.62. The van der Waals surface area contributed by atoms with Gasteiger partial charge in [-0.1, -0.05) is 37.8 Å². The first-order valence-corrected chi connectivity index (χ1v) is 8.21. The molecular formula is C17H24F2N2O2. The second-order valence-corrected chi connectivity index (χ2v) is 5.86. The summed E-state index contributed by atoms with van der Waals surface area (Å²) in [6.45, 7) is -2.30. The van der Waals surface area contributed by atoms with E-state index in [-0.39, 0.29) is 17.8 Å². The van der Waals surface area contributed by atoms with Crippen molar-refractivity contribution in [2.45, 2.75) is 57.6 Å². The van der Waals surface area contributed by atoms with Crippen molar-refractivity contribution in [1.29, 1.82) is 0 Å². The Balaban J connectivity index is 1.66. The van der Waals surface area contributed by atoms with Crippen LogP contribution in [0, 0.1) is 0 Å². The van der Waals surface area contributed by atoms with Crippen molar-refractivity contribution >= 4 is 6.03 Å². The Bertz CT molecular complexity index is 472. The molecule has 4 nitrogen and oxygen atoms in total. The lowest BCUT2D eigenvalue weighted by Crippen LogP contribution is -2.42. The molecule has 0 atom stereocenters. The van der Waals surface area contributed by atoms with E-state index in [9.17, 15) is 13.6 Å². The lowest BCUT2D eigenvalue weighted by Gasteiger charge is -2.16. The molecule has 1 saturated carbocycles. The minimum atomic E-state index is -2.81. The fourth-order valence-electron chi connectivity index (χ4n) is 2.82. The van der Waals surface area contributed by atoms with Gasteiger partial charge in [0, 0.05) is 12.6 Å². The summed E-state index contributed by atoms with van der Waals surface area (Å²) in [5.41, 5.74) is 0.960. The third-order valence-electron chi connectivity index (χ3n) is 4.04. The van der Waals surface area contributed by atoms with Gasteiger partial charge in [-0.3, -0.25) is 0 Å². The molecule has 0 aromatic heterocycles. The largest absolute Gasteiger partial charge is 0.435 e. The van der Waals surface area contributed by atoms with Crippen LogP contribution in [0.15, 0.2) is 24.3 Å². The quantitative estimate of drug-likeness (QED) is 0.780. The number of hydrogen-bond acceptors (Lipinski definition) is 2. The van der Waals surface area contributed by atoms with E-state index >= 15 is 0 Å². The molecule has 1 fully saturated rings. The van der Waals surface area contributed by atoms with E-state index in [1.54, 1.807) is 12.1 Å². The minimum Gasteiger partial charge on any atom is -0.435 e. The highest BCUT2D eigenvalue weighted by atomic mass is 19.3. The Morgan fingerprint density at radius 2 is 1.78 bits per heavy atom. The van der Waals surface area contributed by atoms with Crippen LogP contribution in [0.25, 0.3) is 0 Å².